The molecule has 0 atom stereocenters. The van der Waals surface area contributed by atoms with Crippen LogP contribution >= 0.6 is 0 Å². The van der Waals surface area contributed by atoms with Gasteiger partial charge in [0.1, 0.15) is 0 Å². The van der Waals surface area contributed by atoms with Gasteiger partial charge >= 0.3 is 0 Å². The number of aryl methyl sites for hydroxylation is 1. The molecule has 0 saturated heterocycles. The molecule has 42 heavy (non-hydrogen) atoms. The minimum absolute atomic E-state index is 0.0879. The molecule has 8 nitrogen and oxygen atoms in total. The molecular formula is C34H38N4O4. The zero-order valence-electron chi connectivity index (χ0n) is 25.2. The summed E-state index contributed by atoms with van der Waals surface area (Å²) in [4.78, 5) is 32.9. The Morgan fingerprint density at radius 1 is 0.976 bits per heavy atom. The van der Waals surface area contributed by atoms with Crippen molar-refractivity contribution in [2.24, 2.45) is 5.41 Å². The van der Waals surface area contributed by atoms with Crippen LogP contribution < -0.4 is 9.47 Å². The molecule has 1 amide bonds. The van der Waals surface area contributed by atoms with Gasteiger partial charge in [-0.05, 0) is 60.6 Å². The van der Waals surface area contributed by atoms with E-state index in [0.717, 1.165) is 17.7 Å². The summed E-state index contributed by atoms with van der Waals surface area (Å²) in [5.74, 6) is 1.85. The second kappa shape index (κ2) is 11.8. The zero-order valence-corrected chi connectivity index (χ0v) is 25.2. The number of ketones is 1. The second-order valence-electron chi connectivity index (χ2n) is 11.9. The normalized spacial score (nSPS) is 13.9. The number of carbonyl (C=O) groups excluding carboxylic acids is 2. The maximum absolute atomic E-state index is 13.4. The highest BCUT2D eigenvalue weighted by atomic mass is 16.5. The zero-order chi connectivity index (χ0) is 30.0. The van der Waals surface area contributed by atoms with Crippen LogP contribution in [-0.4, -0.2) is 59.2 Å². The number of benzene rings is 2. The van der Waals surface area contributed by atoms with Gasteiger partial charge < -0.3 is 14.4 Å². The van der Waals surface area contributed by atoms with Gasteiger partial charge in [-0.15, -0.1) is 0 Å². The monoisotopic (exact) mass is 566 g/mol. The van der Waals surface area contributed by atoms with Gasteiger partial charge in [-0.2, -0.15) is 5.10 Å². The van der Waals surface area contributed by atoms with Crippen LogP contribution in [0.25, 0.3) is 5.82 Å². The molecule has 218 valence electrons. The van der Waals surface area contributed by atoms with E-state index in [1.807, 2.05) is 25.2 Å². The molecule has 5 rings (SSSR count). The average Bonchev–Trinajstić information content (AvgIpc) is 3.33. The molecule has 0 saturated carbocycles. The maximum Gasteiger partial charge on any atom is 0.255 e. The summed E-state index contributed by atoms with van der Waals surface area (Å²) in [6.45, 7) is 6.86. The number of fused-ring (bicyclic) bond motifs is 1. The number of likely N-dealkylation sites (N-methyl/N-ethyl adjacent to an activating group) is 1. The van der Waals surface area contributed by atoms with Crippen molar-refractivity contribution in [3.63, 3.8) is 0 Å². The second-order valence-corrected chi connectivity index (χ2v) is 11.9. The van der Waals surface area contributed by atoms with Crippen LogP contribution in [0, 0.1) is 12.3 Å². The Labute approximate surface area is 247 Å². The van der Waals surface area contributed by atoms with Crippen molar-refractivity contribution in [1.29, 1.82) is 0 Å². The van der Waals surface area contributed by atoms with Crippen molar-refractivity contribution in [3.05, 3.63) is 100.0 Å². The summed E-state index contributed by atoms with van der Waals surface area (Å²) in [5.41, 5.74) is 5.91. The van der Waals surface area contributed by atoms with Crippen LogP contribution in [0.3, 0.4) is 0 Å². The Kier molecular flexibility index (Phi) is 8.16. The molecule has 8 heteroatoms. The fraction of sp³-hybridized carbons (Fsp3) is 0.353. The van der Waals surface area contributed by atoms with Crippen LogP contribution in [0.15, 0.2) is 60.8 Å². The Bertz CT molecular complexity index is 1600. The molecule has 4 aromatic rings. The third-order valence-corrected chi connectivity index (χ3v) is 7.85. The van der Waals surface area contributed by atoms with Crippen LogP contribution in [-0.2, 0) is 19.3 Å². The molecule has 0 N–H and O–H groups in total. The molecule has 2 heterocycles. The van der Waals surface area contributed by atoms with E-state index in [1.165, 1.54) is 11.1 Å². The predicted molar refractivity (Wildman–Crippen MR) is 162 cm³/mol. The summed E-state index contributed by atoms with van der Waals surface area (Å²) in [7, 11) is 5.01. The molecule has 0 bridgehead atoms. The van der Waals surface area contributed by atoms with E-state index in [0.29, 0.717) is 59.9 Å². The van der Waals surface area contributed by atoms with Crippen molar-refractivity contribution in [2.45, 2.75) is 46.5 Å². The largest absolute Gasteiger partial charge is 0.493 e. The number of Topliss-reactive ketones (excluding diaryl/α,β-unsaturated/α-hetero) is 1. The molecule has 0 aliphatic heterocycles. The SMILES string of the molecule is COc1ccc(Cc2nn(-c3ccc(C(=O)N(C)CCc4ccc(C)cc4)cn3)c3c2C(=O)CC(C)(C)C3)cc1OC. The fourth-order valence-corrected chi connectivity index (χ4v) is 5.54. The third kappa shape index (κ3) is 6.08. The first-order chi connectivity index (χ1) is 20.1. The highest BCUT2D eigenvalue weighted by Gasteiger charge is 2.37. The van der Waals surface area contributed by atoms with Crippen LogP contribution in [0.2, 0.25) is 0 Å². The smallest absolute Gasteiger partial charge is 0.255 e. The lowest BCUT2D eigenvalue weighted by molar-refractivity contribution is 0.0795. The van der Waals surface area contributed by atoms with E-state index in [9.17, 15) is 9.59 Å². The van der Waals surface area contributed by atoms with E-state index in [1.54, 1.807) is 42.1 Å². The van der Waals surface area contributed by atoms with E-state index >= 15 is 0 Å². The molecular weight excluding hydrogens is 528 g/mol. The van der Waals surface area contributed by atoms with Gasteiger partial charge in [0.25, 0.3) is 5.91 Å². The lowest BCUT2D eigenvalue weighted by Crippen LogP contribution is -2.29. The van der Waals surface area contributed by atoms with Crippen LogP contribution in [0.5, 0.6) is 11.5 Å². The van der Waals surface area contributed by atoms with Crippen LogP contribution in [0.4, 0.5) is 0 Å². The van der Waals surface area contributed by atoms with Crippen molar-refractivity contribution in [3.8, 4) is 17.3 Å². The number of nitrogens with zero attached hydrogens (tertiary/aromatic N) is 4. The Balaban J connectivity index is 1.40. The summed E-state index contributed by atoms with van der Waals surface area (Å²) < 4.78 is 12.6. The molecule has 0 spiro atoms. The van der Waals surface area contributed by atoms with E-state index in [-0.39, 0.29) is 17.1 Å². The quantitative estimate of drug-likeness (QED) is 0.260. The highest BCUT2D eigenvalue weighted by molar-refractivity contribution is 6.00. The molecule has 0 fully saturated rings. The maximum atomic E-state index is 13.4. The summed E-state index contributed by atoms with van der Waals surface area (Å²) >= 11 is 0. The molecule has 2 aromatic carbocycles. The molecule has 0 unspecified atom stereocenters. The topological polar surface area (TPSA) is 86.6 Å². The van der Waals surface area contributed by atoms with Gasteiger partial charge in [0, 0.05) is 32.6 Å². The lowest BCUT2D eigenvalue weighted by atomic mass is 9.75. The highest BCUT2D eigenvalue weighted by Crippen LogP contribution is 2.38. The number of pyridine rings is 1. The lowest BCUT2D eigenvalue weighted by Gasteiger charge is -2.29. The summed E-state index contributed by atoms with van der Waals surface area (Å²) in [6, 6.07) is 17.7. The molecule has 1 aliphatic carbocycles. The van der Waals surface area contributed by atoms with Crippen molar-refractivity contribution >= 4 is 11.7 Å². The van der Waals surface area contributed by atoms with Gasteiger partial charge in [0.2, 0.25) is 0 Å². The standard InChI is InChI=1S/C34H38N4O4/c1-22-7-9-23(10-8-22)15-16-37(4)33(40)25-12-14-31(35-21-25)38-27-19-34(2,3)20-28(39)32(27)26(36-38)17-24-11-13-29(41-5)30(18-24)42-6/h7-14,18,21H,15-17,19-20H2,1-6H3. The van der Waals surface area contributed by atoms with Gasteiger partial charge in [-0.25, -0.2) is 9.67 Å². The van der Waals surface area contributed by atoms with Gasteiger partial charge in [-0.3, -0.25) is 9.59 Å². The van der Waals surface area contributed by atoms with Gasteiger partial charge in [0.15, 0.2) is 23.1 Å². The van der Waals surface area contributed by atoms with Gasteiger partial charge in [-0.1, -0.05) is 49.7 Å². The molecule has 1 aliphatic rings. The van der Waals surface area contributed by atoms with Crippen molar-refractivity contribution < 1.29 is 19.1 Å². The number of ether oxygens (including phenoxy) is 2. The Morgan fingerprint density at radius 2 is 1.69 bits per heavy atom. The molecule has 2 aromatic heterocycles. The van der Waals surface area contributed by atoms with Crippen LogP contribution in [0.1, 0.15) is 69.1 Å². The van der Waals surface area contributed by atoms with Crippen molar-refractivity contribution in [1.82, 2.24) is 19.7 Å². The predicted octanol–water partition coefficient (Wildman–Crippen LogP) is 5.65. The van der Waals surface area contributed by atoms with Gasteiger partial charge in [0.05, 0.1) is 36.7 Å². The number of methoxy groups -OCH3 is 2. The average molecular weight is 567 g/mol. The van der Waals surface area contributed by atoms with E-state index in [2.05, 4.69) is 50.0 Å². The fourth-order valence-electron chi connectivity index (χ4n) is 5.54. The number of carbonyl (C=O) groups is 2. The molecule has 0 radical (unpaired) electrons. The number of aromatic nitrogens is 3. The Morgan fingerprint density at radius 3 is 2.36 bits per heavy atom. The summed E-state index contributed by atoms with van der Waals surface area (Å²) in [6.07, 6.45) is 3.99. The van der Waals surface area contributed by atoms with E-state index in [4.69, 9.17) is 14.6 Å². The Hall–Kier alpha value is -4.46. The number of amides is 1. The number of rotatable bonds is 9. The van der Waals surface area contributed by atoms with E-state index < -0.39 is 0 Å². The number of hydrogen-bond acceptors (Lipinski definition) is 6. The first kappa shape index (κ1) is 29.0. The minimum Gasteiger partial charge on any atom is -0.493 e. The third-order valence-electron chi connectivity index (χ3n) is 7.85. The first-order valence-corrected chi connectivity index (χ1v) is 14.2. The number of hydrogen-bond donors (Lipinski definition) is 0. The summed E-state index contributed by atoms with van der Waals surface area (Å²) in [5, 5.41) is 4.92. The van der Waals surface area contributed by atoms with Crippen molar-refractivity contribution in [2.75, 3.05) is 27.8 Å². The minimum atomic E-state index is -0.196. The first-order valence-electron chi connectivity index (χ1n) is 14.2.